The number of rotatable bonds is 5. The van der Waals surface area contributed by atoms with Gasteiger partial charge in [0.25, 0.3) is 0 Å². The van der Waals surface area contributed by atoms with Crippen LogP contribution in [0, 0.1) is 0 Å². The molecule has 0 aromatic heterocycles. The van der Waals surface area contributed by atoms with Crippen LogP contribution in [0.2, 0.25) is 5.02 Å². The molecule has 0 saturated carbocycles. The molecule has 0 aliphatic carbocycles. The lowest BCUT2D eigenvalue weighted by Crippen LogP contribution is -2.06. The Labute approximate surface area is 119 Å². The Bertz CT molecular complexity index is 554. The van der Waals surface area contributed by atoms with Crippen LogP contribution in [0.25, 0.3) is 0 Å². The van der Waals surface area contributed by atoms with Gasteiger partial charge in [0.05, 0.1) is 5.02 Å². The van der Waals surface area contributed by atoms with Gasteiger partial charge in [0.1, 0.15) is 5.75 Å². The van der Waals surface area contributed by atoms with Crippen molar-refractivity contribution in [1.82, 2.24) is 5.32 Å². The summed E-state index contributed by atoms with van der Waals surface area (Å²) in [5.41, 5.74) is 2.23. The van der Waals surface area contributed by atoms with Crippen molar-refractivity contribution in [2.45, 2.75) is 19.9 Å². The van der Waals surface area contributed by atoms with E-state index in [2.05, 4.69) is 18.3 Å². The molecule has 0 aliphatic heterocycles. The maximum Gasteiger partial charge on any atom is 0.150 e. The third kappa shape index (κ3) is 3.28. The van der Waals surface area contributed by atoms with E-state index in [0.717, 1.165) is 30.0 Å². The Morgan fingerprint density at radius 2 is 1.79 bits per heavy atom. The predicted octanol–water partition coefficient (Wildman–Crippen LogP) is 4.41. The highest BCUT2D eigenvalue weighted by Gasteiger charge is 2.10. The van der Waals surface area contributed by atoms with Crippen LogP contribution in [0.15, 0.2) is 42.5 Å². The average molecular weight is 276 g/mol. The van der Waals surface area contributed by atoms with Crippen LogP contribution >= 0.6 is 11.6 Å². The minimum absolute atomic E-state index is 0.638. The molecular weight excluding hydrogens is 258 g/mol. The molecule has 2 aromatic rings. The quantitative estimate of drug-likeness (QED) is 0.872. The van der Waals surface area contributed by atoms with Crippen LogP contribution in [-0.2, 0) is 13.0 Å². The number of aryl methyl sites for hydroxylation is 1. The number of halogens is 1. The summed E-state index contributed by atoms with van der Waals surface area (Å²) in [5.74, 6) is 1.61. The van der Waals surface area contributed by atoms with Crippen molar-refractivity contribution in [3.63, 3.8) is 0 Å². The molecule has 2 rings (SSSR count). The second kappa shape index (κ2) is 6.60. The maximum absolute atomic E-state index is 6.26. The number of para-hydroxylation sites is 2. The normalized spacial score (nSPS) is 10.5. The number of hydrogen-bond donors (Lipinski definition) is 1. The molecule has 0 heterocycles. The summed E-state index contributed by atoms with van der Waals surface area (Å²) < 4.78 is 6.04. The van der Waals surface area contributed by atoms with E-state index >= 15 is 0 Å². The standard InChI is InChI=1S/C16H18ClNO/c1-3-12-7-4-5-10-15(12)19-16-13(11-18-2)8-6-9-14(16)17/h4-10,18H,3,11H2,1-2H3. The van der Waals surface area contributed by atoms with Gasteiger partial charge in [-0.2, -0.15) is 0 Å². The zero-order chi connectivity index (χ0) is 13.7. The first-order valence-electron chi connectivity index (χ1n) is 6.44. The van der Waals surface area contributed by atoms with Gasteiger partial charge in [-0.15, -0.1) is 0 Å². The topological polar surface area (TPSA) is 21.3 Å². The lowest BCUT2D eigenvalue weighted by Gasteiger charge is -2.14. The largest absolute Gasteiger partial charge is 0.455 e. The van der Waals surface area contributed by atoms with Gasteiger partial charge >= 0.3 is 0 Å². The highest BCUT2D eigenvalue weighted by atomic mass is 35.5. The third-order valence-electron chi connectivity index (χ3n) is 2.98. The summed E-state index contributed by atoms with van der Waals surface area (Å²) in [6.07, 6.45) is 0.933. The van der Waals surface area contributed by atoms with Gasteiger partial charge < -0.3 is 10.1 Å². The number of nitrogens with one attached hydrogen (secondary N) is 1. The van der Waals surface area contributed by atoms with Crippen molar-refractivity contribution < 1.29 is 4.74 Å². The maximum atomic E-state index is 6.26. The molecule has 3 heteroatoms. The summed E-state index contributed by atoms with van der Waals surface area (Å²) in [5, 5.41) is 3.76. The average Bonchev–Trinajstić information content (AvgIpc) is 2.43. The molecule has 0 saturated heterocycles. The third-order valence-corrected chi connectivity index (χ3v) is 3.28. The summed E-state index contributed by atoms with van der Waals surface area (Å²) in [6.45, 7) is 2.84. The van der Waals surface area contributed by atoms with Crippen molar-refractivity contribution in [3.05, 3.63) is 58.6 Å². The van der Waals surface area contributed by atoms with Crippen molar-refractivity contribution >= 4 is 11.6 Å². The van der Waals surface area contributed by atoms with E-state index in [0.29, 0.717) is 5.02 Å². The Kier molecular flexibility index (Phi) is 4.83. The second-order valence-corrected chi connectivity index (χ2v) is 4.73. The van der Waals surface area contributed by atoms with E-state index in [1.54, 1.807) is 0 Å². The Morgan fingerprint density at radius 3 is 2.53 bits per heavy atom. The first-order valence-corrected chi connectivity index (χ1v) is 6.81. The van der Waals surface area contributed by atoms with Gasteiger partial charge in [-0.3, -0.25) is 0 Å². The lowest BCUT2D eigenvalue weighted by atomic mass is 10.1. The van der Waals surface area contributed by atoms with Crippen molar-refractivity contribution in [2.24, 2.45) is 0 Å². The predicted molar refractivity (Wildman–Crippen MR) is 80.1 cm³/mol. The number of benzene rings is 2. The van der Waals surface area contributed by atoms with E-state index < -0.39 is 0 Å². The van der Waals surface area contributed by atoms with Gasteiger partial charge in [0.15, 0.2) is 5.75 Å². The molecule has 100 valence electrons. The van der Waals surface area contributed by atoms with Crippen LogP contribution in [-0.4, -0.2) is 7.05 Å². The molecule has 0 bridgehead atoms. The Hall–Kier alpha value is -1.51. The summed E-state index contributed by atoms with van der Waals surface area (Å²) in [6, 6.07) is 13.9. The monoisotopic (exact) mass is 275 g/mol. The lowest BCUT2D eigenvalue weighted by molar-refractivity contribution is 0.469. The summed E-state index contributed by atoms with van der Waals surface area (Å²) in [7, 11) is 1.91. The molecule has 0 radical (unpaired) electrons. The zero-order valence-corrected chi connectivity index (χ0v) is 12.0. The van der Waals surface area contributed by atoms with E-state index in [9.17, 15) is 0 Å². The molecule has 0 unspecified atom stereocenters. The van der Waals surface area contributed by atoms with Crippen molar-refractivity contribution in [1.29, 1.82) is 0 Å². The van der Waals surface area contributed by atoms with Crippen LogP contribution in [0.4, 0.5) is 0 Å². The minimum atomic E-state index is 0.638. The Balaban J connectivity index is 2.37. The fourth-order valence-corrected chi connectivity index (χ4v) is 2.24. The fraction of sp³-hybridized carbons (Fsp3) is 0.250. The highest BCUT2D eigenvalue weighted by molar-refractivity contribution is 6.32. The number of ether oxygens (including phenoxy) is 1. The molecular formula is C16H18ClNO. The number of hydrogen-bond acceptors (Lipinski definition) is 2. The molecule has 0 aliphatic rings. The molecule has 2 aromatic carbocycles. The van der Waals surface area contributed by atoms with E-state index in [-0.39, 0.29) is 0 Å². The van der Waals surface area contributed by atoms with Crippen LogP contribution in [0.5, 0.6) is 11.5 Å². The first kappa shape index (κ1) is 13.9. The van der Waals surface area contributed by atoms with Crippen LogP contribution in [0.1, 0.15) is 18.1 Å². The highest BCUT2D eigenvalue weighted by Crippen LogP contribution is 2.34. The van der Waals surface area contributed by atoms with Gasteiger partial charge in [-0.05, 0) is 31.2 Å². The first-order chi connectivity index (χ1) is 9.26. The molecule has 0 fully saturated rings. The van der Waals surface area contributed by atoms with Gasteiger partial charge in [-0.1, -0.05) is 48.9 Å². The van der Waals surface area contributed by atoms with E-state index in [1.807, 2.05) is 43.4 Å². The minimum Gasteiger partial charge on any atom is -0.455 e. The van der Waals surface area contributed by atoms with Gasteiger partial charge in [0.2, 0.25) is 0 Å². The van der Waals surface area contributed by atoms with Crippen molar-refractivity contribution in [2.75, 3.05) is 7.05 Å². The van der Waals surface area contributed by atoms with Crippen LogP contribution in [0.3, 0.4) is 0 Å². The smallest absolute Gasteiger partial charge is 0.150 e. The second-order valence-electron chi connectivity index (χ2n) is 4.32. The molecule has 0 atom stereocenters. The van der Waals surface area contributed by atoms with E-state index in [4.69, 9.17) is 16.3 Å². The SMILES string of the molecule is CCc1ccccc1Oc1c(Cl)cccc1CNC. The van der Waals surface area contributed by atoms with E-state index in [1.165, 1.54) is 5.56 Å². The molecule has 2 nitrogen and oxygen atoms in total. The molecule has 0 spiro atoms. The fourth-order valence-electron chi connectivity index (χ4n) is 2.00. The Morgan fingerprint density at radius 1 is 1.05 bits per heavy atom. The van der Waals surface area contributed by atoms with Gasteiger partial charge in [0, 0.05) is 12.1 Å². The zero-order valence-electron chi connectivity index (χ0n) is 11.2. The summed E-state index contributed by atoms with van der Waals surface area (Å²) in [4.78, 5) is 0. The summed E-state index contributed by atoms with van der Waals surface area (Å²) >= 11 is 6.26. The van der Waals surface area contributed by atoms with Crippen molar-refractivity contribution in [3.8, 4) is 11.5 Å². The molecule has 19 heavy (non-hydrogen) atoms. The van der Waals surface area contributed by atoms with Gasteiger partial charge in [-0.25, -0.2) is 0 Å². The molecule has 0 amide bonds. The molecule has 1 N–H and O–H groups in total. The van der Waals surface area contributed by atoms with Crippen LogP contribution < -0.4 is 10.1 Å².